The first-order valence-electron chi connectivity index (χ1n) is 10.4. The van der Waals surface area contributed by atoms with E-state index in [4.69, 9.17) is 4.74 Å². The Kier molecular flexibility index (Phi) is 4.93. The molecule has 148 valence electrons. The van der Waals surface area contributed by atoms with E-state index in [1.807, 2.05) is 11.7 Å². The first-order chi connectivity index (χ1) is 12.9. The highest BCUT2D eigenvalue weighted by molar-refractivity contribution is 5.77. The molecular weight excluding hydrogens is 338 g/mol. The Morgan fingerprint density at radius 1 is 1.07 bits per heavy atom. The van der Waals surface area contributed by atoms with Crippen LogP contribution in [0.3, 0.4) is 0 Å². The van der Waals surface area contributed by atoms with Crippen LogP contribution in [0.1, 0.15) is 62.6 Å². The van der Waals surface area contributed by atoms with Crippen molar-refractivity contribution >= 4 is 11.0 Å². The molecule has 5 nitrogen and oxygen atoms in total. The number of hydrogen-bond donors (Lipinski definition) is 1. The molecule has 2 heterocycles. The first kappa shape index (κ1) is 18.8. The van der Waals surface area contributed by atoms with Crippen molar-refractivity contribution in [3.05, 3.63) is 33.7 Å². The van der Waals surface area contributed by atoms with Gasteiger partial charge >= 0.3 is 5.69 Å². The Morgan fingerprint density at radius 3 is 2.33 bits per heavy atom. The summed E-state index contributed by atoms with van der Waals surface area (Å²) in [6.45, 7) is 8.78. The number of piperidine rings is 1. The molecule has 1 aliphatic carbocycles. The Balaban J connectivity index is 1.50. The van der Waals surface area contributed by atoms with Gasteiger partial charge in [-0.05, 0) is 82.6 Å². The van der Waals surface area contributed by atoms with E-state index in [1.165, 1.54) is 24.0 Å². The topological polar surface area (TPSA) is 50.3 Å². The van der Waals surface area contributed by atoms with E-state index < -0.39 is 0 Å². The molecular formula is C22H33N3O2. The number of imidazole rings is 1. The quantitative estimate of drug-likeness (QED) is 0.889. The molecule has 0 unspecified atom stereocenters. The first-order valence-corrected chi connectivity index (χ1v) is 10.4. The molecule has 0 atom stereocenters. The molecule has 2 aliphatic rings. The van der Waals surface area contributed by atoms with E-state index >= 15 is 0 Å². The molecule has 27 heavy (non-hydrogen) atoms. The average molecular weight is 372 g/mol. The monoisotopic (exact) mass is 371 g/mol. The summed E-state index contributed by atoms with van der Waals surface area (Å²) < 4.78 is 7.57. The number of fused-ring (bicyclic) bond motifs is 1. The summed E-state index contributed by atoms with van der Waals surface area (Å²) >= 11 is 0. The van der Waals surface area contributed by atoms with Crippen molar-refractivity contribution < 1.29 is 4.74 Å². The number of H-pyrrole nitrogens is 1. The largest absolute Gasteiger partial charge is 0.381 e. The van der Waals surface area contributed by atoms with Crippen LogP contribution in [0.5, 0.6) is 0 Å². The Labute approximate surface area is 161 Å². The molecule has 1 aliphatic heterocycles. The van der Waals surface area contributed by atoms with Crippen LogP contribution in [-0.4, -0.2) is 46.3 Å². The number of benzene rings is 1. The molecule has 2 fully saturated rings. The van der Waals surface area contributed by atoms with Crippen molar-refractivity contribution in [1.82, 2.24) is 14.5 Å². The average Bonchev–Trinajstić information content (AvgIpc) is 2.97. The van der Waals surface area contributed by atoms with Gasteiger partial charge in [0.1, 0.15) is 0 Å². The predicted molar refractivity (Wildman–Crippen MR) is 110 cm³/mol. The van der Waals surface area contributed by atoms with E-state index in [1.54, 1.807) is 0 Å². The second-order valence-corrected chi connectivity index (χ2v) is 8.90. The maximum absolute atomic E-state index is 12.7. The molecule has 1 saturated carbocycles. The minimum Gasteiger partial charge on any atom is -0.381 e. The van der Waals surface area contributed by atoms with E-state index in [0.717, 1.165) is 49.8 Å². The van der Waals surface area contributed by atoms with Gasteiger partial charge in [-0.3, -0.25) is 9.47 Å². The zero-order chi connectivity index (χ0) is 19.2. The number of likely N-dealkylation sites (tertiary alicyclic amines) is 1. The molecule has 5 heteroatoms. The van der Waals surface area contributed by atoms with Crippen LogP contribution in [0.4, 0.5) is 0 Å². The van der Waals surface area contributed by atoms with E-state index in [0.29, 0.717) is 17.7 Å². The van der Waals surface area contributed by atoms with Crippen LogP contribution in [0.25, 0.3) is 11.0 Å². The van der Waals surface area contributed by atoms with E-state index in [2.05, 4.69) is 42.8 Å². The van der Waals surface area contributed by atoms with Crippen molar-refractivity contribution in [2.75, 3.05) is 20.2 Å². The fraction of sp³-hybridized carbons (Fsp3) is 0.682. The highest BCUT2D eigenvalue weighted by atomic mass is 16.5. The van der Waals surface area contributed by atoms with Gasteiger partial charge < -0.3 is 9.72 Å². The minimum absolute atomic E-state index is 0.0419. The number of rotatable bonds is 3. The van der Waals surface area contributed by atoms with E-state index in [-0.39, 0.29) is 5.69 Å². The molecule has 0 spiro atoms. The highest BCUT2D eigenvalue weighted by Gasteiger charge is 2.38. The van der Waals surface area contributed by atoms with Crippen molar-refractivity contribution in [3.8, 4) is 0 Å². The van der Waals surface area contributed by atoms with Gasteiger partial charge in [-0.1, -0.05) is 0 Å². The number of aromatic nitrogens is 2. The van der Waals surface area contributed by atoms with Crippen molar-refractivity contribution in [2.24, 2.45) is 0 Å². The fourth-order valence-electron chi connectivity index (χ4n) is 5.18. The molecule has 0 amide bonds. The number of nitrogens with zero attached hydrogens (tertiary/aromatic N) is 2. The van der Waals surface area contributed by atoms with Gasteiger partial charge in [0.25, 0.3) is 0 Å². The minimum atomic E-state index is 0.0419. The van der Waals surface area contributed by atoms with Gasteiger partial charge in [-0.15, -0.1) is 0 Å². The second kappa shape index (κ2) is 7.10. The number of ether oxygens (including phenoxy) is 1. The molecule has 1 aromatic heterocycles. The van der Waals surface area contributed by atoms with E-state index in [9.17, 15) is 4.79 Å². The molecule has 1 N–H and O–H groups in total. The molecule has 0 bridgehead atoms. The summed E-state index contributed by atoms with van der Waals surface area (Å²) in [7, 11) is 1.83. The van der Waals surface area contributed by atoms with Gasteiger partial charge in [-0.2, -0.15) is 0 Å². The SMILES string of the molecule is CO[C@H]1CC[C@](C)(N2CCC(n3c(=O)[nH]c4cc(C)c(C)cc43)CC2)CC1. The fourth-order valence-corrected chi connectivity index (χ4v) is 5.18. The van der Waals surface area contributed by atoms with Crippen LogP contribution < -0.4 is 5.69 Å². The van der Waals surface area contributed by atoms with Crippen LogP contribution >= 0.6 is 0 Å². The second-order valence-electron chi connectivity index (χ2n) is 8.90. The summed E-state index contributed by atoms with van der Waals surface area (Å²) in [6.07, 6.45) is 7.27. The number of aryl methyl sites for hydroxylation is 2. The van der Waals surface area contributed by atoms with Crippen molar-refractivity contribution in [1.29, 1.82) is 0 Å². The third-order valence-corrected chi connectivity index (χ3v) is 7.27. The van der Waals surface area contributed by atoms with Gasteiger partial charge in [0.2, 0.25) is 0 Å². The van der Waals surface area contributed by atoms with Crippen LogP contribution in [0.15, 0.2) is 16.9 Å². The Bertz CT molecular complexity index is 866. The lowest BCUT2D eigenvalue weighted by Crippen LogP contribution is -2.52. The number of methoxy groups -OCH3 is 1. The predicted octanol–water partition coefficient (Wildman–Crippen LogP) is 3.93. The third-order valence-electron chi connectivity index (χ3n) is 7.27. The van der Waals surface area contributed by atoms with Gasteiger partial charge in [-0.25, -0.2) is 4.79 Å². The lowest BCUT2D eigenvalue weighted by molar-refractivity contribution is -0.0146. The van der Waals surface area contributed by atoms with Crippen LogP contribution in [-0.2, 0) is 4.74 Å². The number of nitrogens with one attached hydrogen (secondary N) is 1. The number of hydrogen-bond acceptors (Lipinski definition) is 3. The summed E-state index contributed by atoms with van der Waals surface area (Å²) in [4.78, 5) is 18.4. The molecule has 4 rings (SSSR count). The van der Waals surface area contributed by atoms with Gasteiger partial charge in [0.05, 0.1) is 17.1 Å². The lowest BCUT2D eigenvalue weighted by atomic mass is 9.79. The van der Waals surface area contributed by atoms with Crippen molar-refractivity contribution in [2.45, 2.75) is 77.0 Å². The van der Waals surface area contributed by atoms with Crippen LogP contribution in [0.2, 0.25) is 0 Å². The maximum Gasteiger partial charge on any atom is 0.326 e. The summed E-state index contributed by atoms with van der Waals surface area (Å²) in [5.74, 6) is 0. The summed E-state index contributed by atoms with van der Waals surface area (Å²) in [5, 5.41) is 0. The van der Waals surface area contributed by atoms with Crippen LogP contribution in [0, 0.1) is 13.8 Å². The molecule has 0 radical (unpaired) electrons. The smallest absolute Gasteiger partial charge is 0.326 e. The number of aromatic amines is 1. The van der Waals surface area contributed by atoms with Gasteiger partial charge in [0, 0.05) is 31.8 Å². The third kappa shape index (κ3) is 3.36. The summed E-state index contributed by atoms with van der Waals surface area (Å²) in [6, 6.07) is 4.57. The Hall–Kier alpha value is -1.59. The highest BCUT2D eigenvalue weighted by Crippen LogP contribution is 2.37. The molecule has 2 aromatic rings. The van der Waals surface area contributed by atoms with Crippen molar-refractivity contribution in [3.63, 3.8) is 0 Å². The van der Waals surface area contributed by atoms with Gasteiger partial charge in [0.15, 0.2) is 0 Å². The zero-order valence-electron chi connectivity index (χ0n) is 17.2. The lowest BCUT2D eigenvalue weighted by Gasteiger charge is -2.48. The zero-order valence-corrected chi connectivity index (χ0v) is 17.2. The standard InChI is InChI=1S/C22H33N3O2/c1-15-13-19-20(14-16(15)2)25(21(26)23-19)17-7-11-24(12-8-17)22(3)9-5-18(27-4)6-10-22/h13-14,17-18H,5-12H2,1-4H3,(H,23,26)/t18-,22-. The Morgan fingerprint density at radius 2 is 1.70 bits per heavy atom. The molecule has 1 saturated heterocycles. The normalized spacial score (nSPS) is 28.1. The maximum atomic E-state index is 12.7. The summed E-state index contributed by atoms with van der Waals surface area (Å²) in [5.41, 5.74) is 4.84. The molecule has 1 aromatic carbocycles.